The first kappa shape index (κ1) is 16.8. The van der Waals surface area contributed by atoms with Crippen molar-refractivity contribution < 1.29 is 24.2 Å². The van der Waals surface area contributed by atoms with Crippen LogP contribution in [0.3, 0.4) is 0 Å². The lowest BCUT2D eigenvalue weighted by molar-refractivity contribution is -0.171. The third-order valence-corrected chi connectivity index (χ3v) is 5.15. The molecule has 3 rings (SSSR count). The Bertz CT molecular complexity index is 700. The topological polar surface area (TPSA) is 77.8 Å². The number of nitrogens with zero attached hydrogens (tertiary/aromatic N) is 1. The van der Waals surface area contributed by atoms with Crippen molar-refractivity contribution in [1.82, 2.24) is 4.57 Å². The third kappa shape index (κ3) is 2.75. The molecule has 6 nitrogen and oxygen atoms in total. The summed E-state index contributed by atoms with van der Waals surface area (Å²) in [6.45, 7) is 5.73. The molecule has 0 saturated carbocycles. The van der Waals surface area contributed by atoms with Crippen molar-refractivity contribution in [3.63, 3.8) is 0 Å². The molecule has 0 radical (unpaired) electrons. The molecule has 0 unspecified atom stereocenters. The highest BCUT2D eigenvalue weighted by molar-refractivity contribution is 5.89. The van der Waals surface area contributed by atoms with Crippen LogP contribution < -0.4 is 0 Å². The number of rotatable bonds is 0. The SMILES string of the molecule is C/C=C1\C[C@@H](C)[C@@](C)(O)C(=O)OCc2ccn3c2[C@@H](CC3)OC1=O. The van der Waals surface area contributed by atoms with E-state index in [4.69, 9.17) is 9.47 Å². The van der Waals surface area contributed by atoms with Gasteiger partial charge in [0.2, 0.25) is 0 Å². The molecule has 0 fully saturated rings. The van der Waals surface area contributed by atoms with Crippen molar-refractivity contribution in [2.45, 2.75) is 58.5 Å². The second-order valence-electron chi connectivity index (χ2n) is 6.74. The van der Waals surface area contributed by atoms with Crippen LogP contribution in [0.4, 0.5) is 0 Å². The molecule has 0 aromatic carbocycles. The zero-order chi connectivity index (χ0) is 17.5. The van der Waals surface area contributed by atoms with Gasteiger partial charge in [0.05, 0.1) is 5.69 Å². The molecule has 3 heterocycles. The Balaban J connectivity index is 1.99. The quantitative estimate of drug-likeness (QED) is 0.582. The van der Waals surface area contributed by atoms with Gasteiger partial charge >= 0.3 is 11.9 Å². The summed E-state index contributed by atoms with van der Waals surface area (Å²) in [5.41, 5.74) is 0.475. The third-order valence-electron chi connectivity index (χ3n) is 5.15. The number of esters is 2. The largest absolute Gasteiger partial charge is 0.459 e. The average Bonchev–Trinajstić information content (AvgIpc) is 3.12. The number of allylic oxidation sites excluding steroid dienone is 1. The highest BCUT2D eigenvalue weighted by atomic mass is 16.6. The number of ether oxygens (including phenoxy) is 2. The van der Waals surface area contributed by atoms with Gasteiger partial charge in [-0.05, 0) is 32.3 Å². The molecule has 130 valence electrons. The molecular weight excluding hydrogens is 310 g/mol. The number of aliphatic hydroxyl groups is 1. The minimum absolute atomic E-state index is 0.0640. The van der Waals surface area contributed by atoms with E-state index in [1.807, 2.05) is 16.8 Å². The zero-order valence-electron chi connectivity index (χ0n) is 14.2. The van der Waals surface area contributed by atoms with Gasteiger partial charge in [0.1, 0.15) is 12.7 Å². The van der Waals surface area contributed by atoms with Gasteiger partial charge in [-0.25, -0.2) is 9.59 Å². The Labute approximate surface area is 141 Å². The normalized spacial score (nSPS) is 32.6. The molecule has 0 spiro atoms. The van der Waals surface area contributed by atoms with Gasteiger partial charge < -0.3 is 19.1 Å². The van der Waals surface area contributed by atoms with E-state index in [0.29, 0.717) is 12.0 Å². The van der Waals surface area contributed by atoms with Gasteiger partial charge in [-0.2, -0.15) is 0 Å². The highest BCUT2D eigenvalue weighted by Gasteiger charge is 2.40. The van der Waals surface area contributed by atoms with Gasteiger partial charge in [0, 0.05) is 30.3 Å². The summed E-state index contributed by atoms with van der Waals surface area (Å²) in [5, 5.41) is 10.6. The summed E-state index contributed by atoms with van der Waals surface area (Å²) in [6.07, 6.45) is 4.22. The number of hydrogen-bond donors (Lipinski definition) is 1. The van der Waals surface area contributed by atoms with Gasteiger partial charge in [-0.1, -0.05) is 13.0 Å². The molecule has 1 aromatic heterocycles. The van der Waals surface area contributed by atoms with Crippen molar-refractivity contribution in [3.05, 3.63) is 35.2 Å². The Morgan fingerprint density at radius 2 is 2.17 bits per heavy atom. The molecule has 2 aliphatic rings. The van der Waals surface area contributed by atoms with Crippen LogP contribution >= 0.6 is 0 Å². The molecule has 1 N–H and O–H groups in total. The van der Waals surface area contributed by atoms with Crippen LogP contribution in [0.5, 0.6) is 0 Å². The van der Waals surface area contributed by atoms with Gasteiger partial charge in [-0.3, -0.25) is 0 Å². The van der Waals surface area contributed by atoms with Crippen LogP contribution in [0, 0.1) is 5.92 Å². The van der Waals surface area contributed by atoms with Gasteiger partial charge in [-0.15, -0.1) is 0 Å². The molecule has 0 aliphatic carbocycles. The molecule has 0 bridgehead atoms. The molecule has 2 aliphatic heterocycles. The van der Waals surface area contributed by atoms with E-state index in [1.54, 1.807) is 19.9 Å². The summed E-state index contributed by atoms with van der Waals surface area (Å²) in [5.74, 6) is -1.54. The number of cyclic esters (lactones) is 1. The Morgan fingerprint density at radius 3 is 2.88 bits per heavy atom. The fourth-order valence-electron chi connectivity index (χ4n) is 3.29. The molecule has 3 atom stereocenters. The maximum Gasteiger partial charge on any atom is 0.338 e. The van der Waals surface area contributed by atoms with Crippen molar-refractivity contribution >= 4 is 11.9 Å². The van der Waals surface area contributed by atoms with Crippen LogP contribution in [-0.2, 0) is 32.2 Å². The average molecular weight is 333 g/mol. The Hall–Kier alpha value is -2.08. The van der Waals surface area contributed by atoms with Crippen molar-refractivity contribution in [2.75, 3.05) is 0 Å². The van der Waals surface area contributed by atoms with Crippen LogP contribution in [0.25, 0.3) is 0 Å². The summed E-state index contributed by atoms with van der Waals surface area (Å²) < 4.78 is 13.1. The summed E-state index contributed by atoms with van der Waals surface area (Å²) in [4.78, 5) is 24.9. The monoisotopic (exact) mass is 333 g/mol. The van der Waals surface area contributed by atoms with Gasteiger partial charge in [0.15, 0.2) is 5.60 Å². The van der Waals surface area contributed by atoms with E-state index in [0.717, 1.165) is 17.8 Å². The maximum atomic E-state index is 12.5. The smallest absolute Gasteiger partial charge is 0.338 e. The highest BCUT2D eigenvalue weighted by Crippen LogP contribution is 2.35. The van der Waals surface area contributed by atoms with Crippen molar-refractivity contribution in [1.29, 1.82) is 0 Å². The molecule has 0 amide bonds. The predicted octanol–water partition coefficient (Wildman–Crippen LogP) is 2.26. The Morgan fingerprint density at radius 1 is 1.42 bits per heavy atom. The van der Waals surface area contributed by atoms with E-state index < -0.39 is 17.5 Å². The predicted molar refractivity (Wildman–Crippen MR) is 85.8 cm³/mol. The van der Waals surface area contributed by atoms with Crippen LogP contribution in [0.2, 0.25) is 0 Å². The van der Waals surface area contributed by atoms with E-state index in [-0.39, 0.29) is 25.1 Å². The minimum Gasteiger partial charge on any atom is -0.459 e. The Kier molecular flexibility index (Phi) is 4.25. The van der Waals surface area contributed by atoms with E-state index in [2.05, 4.69) is 0 Å². The maximum absolute atomic E-state index is 12.5. The number of carbonyl (C=O) groups is 2. The fraction of sp³-hybridized carbons (Fsp3) is 0.556. The molecule has 1 aromatic rings. The lowest BCUT2D eigenvalue weighted by atomic mass is 9.85. The standard InChI is InChI=1S/C18H23NO5/c1-4-12-9-11(2)18(3,22)17(21)23-10-13-5-7-19-8-6-14(15(13)19)24-16(12)20/h4-5,7,11,14,22H,6,8-10H2,1-3H3/b12-4+/t11-,14-,18-/m1/s1. The first-order valence-electron chi connectivity index (χ1n) is 8.28. The van der Waals surface area contributed by atoms with Crippen LogP contribution in [0.1, 0.15) is 51.0 Å². The van der Waals surface area contributed by atoms with Crippen LogP contribution in [0.15, 0.2) is 23.9 Å². The van der Waals surface area contributed by atoms with E-state index in [1.165, 1.54) is 6.92 Å². The number of aryl methyl sites for hydroxylation is 1. The number of carbonyl (C=O) groups excluding carboxylic acids is 2. The van der Waals surface area contributed by atoms with Crippen molar-refractivity contribution in [3.8, 4) is 0 Å². The van der Waals surface area contributed by atoms with Crippen LogP contribution in [-0.4, -0.2) is 27.2 Å². The fourth-order valence-corrected chi connectivity index (χ4v) is 3.29. The molecule has 6 heteroatoms. The number of aromatic nitrogens is 1. The minimum atomic E-state index is -1.67. The van der Waals surface area contributed by atoms with Gasteiger partial charge in [0.25, 0.3) is 0 Å². The van der Waals surface area contributed by atoms with E-state index >= 15 is 0 Å². The second-order valence-corrected chi connectivity index (χ2v) is 6.74. The first-order valence-corrected chi connectivity index (χ1v) is 8.28. The first-order chi connectivity index (χ1) is 11.3. The van der Waals surface area contributed by atoms with E-state index in [9.17, 15) is 14.7 Å². The molecule has 24 heavy (non-hydrogen) atoms. The molecule has 0 saturated heterocycles. The second kappa shape index (κ2) is 6.09. The number of hydrogen-bond acceptors (Lipinski definition) is 5. The zero-order valence-corrected chi connectivity index (χ0v) is 14.2. The van der Waals surface area contributed by atoms with Crippen molar-refractivity contribution in [2.24, 2.45) is 5.92 Å². The molecular formula is C18H23NO5. The summed E-state index contributed by atoms with van der Waals surface area (Å²) in [7, 11) is 0. The summed E-state index contributed by atoms with van der Waals surface area (Å²) >= 11 is 0. The lowest BCUT2D eigenvalue weighted by Crippen LogP contribution is -2.43. The summed E-state index contributed by atoms with van der Waals surface area (Å²) in [6, 6.07) is 1.86. The lowest BCUT2D eigenvalue weighted by Gasteiger charge is -2.29.